The Bertz CT molecular complexity index is 682. The Morgan fingerprint density at radius 2 is 2.26 bits per heavy atom. The minimum absolute atomic E-state index is 0.0624. The Kier molecular flexibility index (Phi) is 3.14. The van der Waals surface area contributed by atoms with Gasteiger partial charge in [-0.3, -0.25) is 4.79 Å². The van der Waals surface area contributed by atoms with E-state index in [1.165, 1.54) is 6.07 Å². The minimum atomic E-state index is -0.627. The summed E-state index contributed by atoms with van der Waals surface area (Å²) in [6, 6.07) is 2.80. The van der Waals surface area contributed by atoms with Crippen LogP contribution < -0.4 is 10.3 Å². The fraction of sp³-hybridized carbons (Fsp3) is 0.385. The van der Waals surface area contributed by atoms with Gasteiger partial charge in [0, 0.05) is 12.1 Å². The van der Waals surface area contributed by atoms with Crippen molar-refractivity contribution in [2.75, 3.05) is 6.61 Å². The lowest BCUT2D eigenvalue weighted by molar-refractivity contribution is 0.299. The summed E-state index contributed by atoms with van der Waals surface area (Å²) < 4.78 is 19.4. The first kappa shape index (κ1) is 12.4. The van der Waals surface area contributed by atoms with Crippen molar-refractivity contribution >= 4 is 22.5 Å². The van der Waals surface area contributed by atoms with Crippen molar-refractivity contribution in [1.82, 2.24) is 9.97 Å². The van der Waals surface area contributed by atoms with Crippen molar-refractivity contribution in [2.45, 2.75) is 18.7 Å². The van der Waals surface area contributed by atoms with Gasteiger partial charge in [-0.2, -0.15) is 0 Å². The number of nitrogens with zero attached hydrogens (tertiary/aromatic N) is 1. The van der Waals surface area contributed by atoms with Crippen LogP contribution in [0.5, 0.6) is 5.75 Å². The van der Waals surface area contributed by atoms with Gasteiger partial charge < -0.3 is 9.72 Å². The van der Waals surface area contributed by atoms with Gasteiger partial charge in [-0.05, 0) is 18.8 Å². The molecule has 0 saturated heterocycles. The van der Waals surface area contributed by atoms with Gasteiger partial charge in [0.15, 0.2) is 0 Å². The molecule has 0 unspecified atom stereocenters. The highest BCUT2D eigenvalue weighted by Gasteiger charge is 2.22. The van der Waals surface area contributed by atoms with Crippen molar-refractivity contribution in [3.63, 3.8) is 0 Å². The van der Waals surface area contributed by atoms with E-state index in [4.69, 9.17) is 16.3 Å². The second kappa shape index (κ2) is 4.81. The molecule has 3 rings (SSSR count). The molecule has 0 radical (unpaired) electrons. The van der Waals surface area contributed by atoms with Crippen LogP contribution in [-0.4, -0.2) is 16.6 Å². The lowest BCUT2D eigenvalue weighted by Gasteiger charge is -2.07. The second-order valence-corrected chi connectivity index (χ2v) is 4.97. The van der Waals surface area contributed by atoms with Gasteiger partial charge in [-0.25, -0.2) is 9.37 Å². The maximum Gasteiger partial charge on any atom is 0.261 e. The molecule has 0 spiro atoms. The molecule has 1 aliphatic carbocycles. The van der Waals surface area contributed by atoms with Gasteiger partial charge in [-0.15, -0.1) is 11.6 Å². The molecule has 100 valence electrons. The number of alkyl halides is 1. The zero-order chi connectivity index (χ0) is 13.4. The number of halogens is 2. The molecule has 1 heterocycles. The second-order valence-electron chi connectivity index (χ2n) is 4.70. The summed E-state index contributed by atoms with van der Waals surface area (Å²) in [5, 5.41) is -0.0624. The molecule has 6 heteroatoms. The van der Waals surface area contributed by atoms with Crippen molar-refractivity contribution in [3.8, 4) is 5.75 Å². The first-order valence-corrected chi connectivity index (χ1v) is 6.62. The van der Waals surface area contributed by atoms with Crippen LogP contribution in [-0.2, 0) is 5.88 Å². The van der Waals surface area contributed by atoms with E-state index in [0.717, 1.165) is 12.8 Å². The normalized spacial score (nSPS) is 14.8. The van der Waals surface area contributed by atoms with Crippen molar-refractivity contribution in [2.24, 2.45) is 5.92 Å². The SMILES string of the molecule is O=c1[nH]c(CCl)nc2cc(OCC3CC3)cc(F)c12. The van der Waals surface area contributed by atoms with Gasteiger partial charge >= 0.3 is 0 Å². The Labute approximate surface area is 113 Å². The number of H-pyrrole nitrogens is 1. The van der Waals surface area contributed by atoms with Gasteiger partial charge in [-0.1, -0.05) is 0 Å². The maximum absolute atomic E-state index is 13.9. The van der Waals surface area contributed by atoms with Crippen LogP contribution in [0.25, 0.3) is 10.9 Å². The minimum Gasteiger partial charge on any atom is -0.493 e. The highest BCUT2D eigenvalue weighted by molar-refractivity contribution is 6.16. The van der Waals surface area contributed by atoms with Crippen LogP contribution in [0.3, 0.4) is 0 Å². The molecule has 1 fully saturated rings. The van der Waals surface area contributed by atoms with Crippen molar-refractivity contribution in [3.05, 3.63) is 34.1 Å². The monoisotopic (exact) mass is 282 g/mol. The van der Waals surface area contributed by atoms with Gasteiger partial charge in [0.2, 0.25) is 0 Å². The van der Waals surface area contributed by atoms with E-state index < -0.39 is 11.4 Å². The number of aromatic amines is 1. The predicted molar refractivity (Wildman–Crippen MR) is 70.1 cm³/mol. The molecular weight excluding hydrogens is 271 g/mol. The number of hydrogen-bond acceptors (Lipinski definition) is 3. The molecule has 4 nitrogen and oxygen atoms in total. The van der Waals surface area contributed by atoms with Crippen LogP contribution in [0.4, 0.5) is 4.39 Å². The molecule has 1 N–H and O–H groups in total. The summed E-state index contributed by atoms with van der Waals surface area (Å²) in [4.78, 5) is 18.3. The average molecular weight is 283 g/mol. The predicted octanol–water partition coefficient (Wildman–Crippen LogP) is 2.59. The standard InChI is InChI=1S/C13H12ClFN2O2/c14-5-11-16-10-4-8(19-6-7-1-2-7)3-9(15)12(10)13(18)17-11/h3-4,7H,1-2,5-6H2,(H,16,17,18). The molecule has 1 aliphatic rings. The lowest BCUT2D eigenvalue weighted by atomic mass is 10.2. The van der Waals surface area contributed by atoms with E-state index in [-0.39, 0.29) is 16.8 Å². The molecule has 1 aromatic heterocycles. The van der Waals surface area contributed by atoms with Crippen LogP contribution in [0, 0.1) is 11.7 Å². The molecule has 0 atom stereocenters. The quantitative estimate of drug-likeness (QED) is 0.877. The summed E-state index contributed by atoms with van der Waals surface area (Å²) in [6.07, 6.45) is 2.31. The van der Waals surface area contributed by atoms with E-state index in [2.05, 4.69) is 9.97 Å². The van der Waals surface area contributed by atoms with Crippen LogP contribution in [0.1, 0.15) is 18.7 Å². The molecule has 0 amide bonds. The highest BCUT2D eigenvalue weighted by Crippen LogP contribution is 2.30. The summed E-state index contributed by atoms with van der Waals surface area (Å²) in [5.74, 6) is 0.732. The van der Waals surface area contributed by atoms with Crippen LogP contribution in [0.2, 0.25) is 0 Å². The largest absolute Gasteiger partial charge is 0.493 e. The summed E-state index contributed by atoms with van der Waals surface area (Å²) >= 11 is 5.63. The lowest BCUT2D eigenvalue weighted by Crippen LogP contribution is -2.13. The number of hydrogen-bond donors (Lipinski definition) is 1. The van der Waals surface area contributed by atoms with E-state index >= 15 is 0 Å². The molecule has 2 aromatic rings. The topological polar surface area (TPSA) is 55.0 Å². The van der Waals surface area contributed by atoms with E-state index in [0.29, 0.717) is 24.1 Å². The number of rotatable bonds is 4. The number of ether oxygens (including phenoxy) is 1. The molecular formula is C13H12ClFN2O2. The van der Waals surface area contributed by atoms with Gasteiger partial charge in [0.1, 0.15) is 22.8 Å². The van der Waals surface area contributed by atoms with Crippen molar-refractivity contribution in [1.29, 1.82) is 0 Å². The summed E-state index contributed by atoms with van der Waals surface area (Å²) in [7, 11) is 0. The van der Waals surface area contributed by atoms with Crippen LogP contribution >= 0.6 is 11.6 Å². The molecule has 19 heavy (non-hydrogen) atoms. The van der Waals surface area contributed by atoms with E-state index in [9.17, 15) is 9.18 Å². The van der Waals surface area contributed by atoms with Crippen LogP contribution in [0.15, 0.2) is 16.9 Å². The van der Waals surface area contributed by atoms with E-state index in [1.54, 1.807) is 6.07 Å². The Morgan fingerprint density at radius 1 is 1.47 bits per heavy atom. The third-order valence-corrected chi connectivity index (χ3v) is 3.35. The fourth-order valence-electron chi connectivity index (χ4n) is 1.89. The first-order valence-electron chi connectivity index (χ1n) is 6.08. The summed E-state index contributed by atoms with van der Waals surface area (Å²) in [6.45, 7) is 0.580. The molecule has 0 bridgehead atoms. The number of aromatic nitrogens is 2. The van der Waals surface area contributed by atoms with Crippen molar-refractivity contribution < 1.29 is 9.13 Å². The third kappa shape index (κ3) is 2.56. The molecule has 0 aliphatic heterocycles. The first-order chi connectivity index (χ1) is 9.17. The Balaban J connectivity index is 2.04. The Hall–Kier alpha value is -1.62. The number of fused-ring (bicyclic) bond motifs is 1. The number of benzene rings is 1. The zero-order valence-corrected chi connectivity index (χ0v) is 10.8. The van der Waals surface area contributed by atoms with E-state index in [1.807, 2.05) is 0 Å². The highest BCUT2D eigenvalue weighted by atomic mass is 35.5. The average Bonchev–Trinajstić information content (AvgIpc) is 3.19. The Morgan fingerprint density at radius 3 is 2.95 bits per heavy atom. The fourth-order valence-corrected chi connectivity index (χ4v) is 2.02. The molecule has 1 saturated carbocycles. The number of nitrogens with one attached hydrogen (secondary N) is 1. The van der Waals surface area contributed by atoms with Gasteiger partial charge in [0.25, 0.3) is 5.56 Å². The third-order valence-electron chi connectivity index (χ3n) is 3.09. The maximum atomic E-state index is 13.9. The molecule has 1 aromatic carbocycles. The summed E-state index contributed by atoms with van der Waals surface area (Å²) in [5.41, 5.74) is -0.253. The smallest absolute Gasteiger partial charge is 0.261 e. The van der Waals surface area contributed by atoms with Gasteiger partial charge in [0.05, 0.1) is 18.0 Å². The zero-order valence-electron chi connectivity index (χ0n) is 10.1.